The van der Waals surface area contributed by atoms with Crippen LogP contribution in [-0.4, -0.2) is 0 Å². The topological polar surface area (TPSA) is 52.0 Å². The molecular weight excluding hydrogens is 261 g/mol. The van der Waals surface area contributed by atoms with Crippen LogP contribution in [0, 0.1) is 0 Å². The van der Waals surface area contributed by atoms with E-state index < -0.39 is 11.7 Å². The molecule has 1 rings (SSSR count). The third-order valence-corrected chi connectivity index (χ3v) is 2.45. The first kappa shape index (κ1) is 11.3. The Hall–Kier alpha value is -0.750. The molecule has 0 atom stereocenters. The summed E-state index contributed by atoms with van der Waals surface area (Å²) in [5, 5.41) is 0. The molecule has 0 aliphatic carbocycles. The van der Waals surface area contributed by atoms with Gasteiger partial charge in [0.2, 0.25) is 0 Å². The molecule has 0 fully saturated rings. The van der Waals surface area contributed by atoms with Gasteiger partial charge in [-0.2, -0.15) is 13.2 Å². The maximum absolute atomic E-state index is 12.5. The SMILES string of the molecule is NCc1ccc(Br)c(C(F)(F)F)c1N. The summed E-state index contributed by atoms with van der Waals surface area (Å²) in [5.74, 6) is 0. The van der Waals surface area contributed by atoms with Crippen molar-refractivity contribution in [2.45, 2.75) is 12.7 Å². The Kier molecular flexibility index (Phi) is 3.06. The molecule has 0 unspecified atom stereocenters. The van der Waals surface area contributed by atoms with Gasteiger partial charge in [0, 0.05) is 16.7 Å². The van der Waals surface area contributed by atoms with Crippen molar-refractivity contribution in [3.05, 3.63) is 27.7 Å². The van der Waals surface area contributed by atoms with Crippen LogP contribution in [0.2, 0.25) is 0 Å². The molecule has 4 N–H and O–H groups in total. The van der Waals surface area contributed by atoms with E-state index in [2.05, 4.69) is 15.9 Å². The second kappa shape index (κ2) is 3.78. The highest BCUT2D eigenvalue weighted by Gasteiger charge is 2.35. The number of nitrogens with two attached hydrogens (primary N) is 2. The van der Waals surface area contributed by atoms with Crippen LogP contribution in [-0.2, 0) is 12.7 Å². The summed E-state index contributed by atoms with van der Waals surface area (Å²) in [6.45, 7) is -0.0117. The lowest BCUT2D eigenvalue weighted by atomic mass is 10.1. The Bertz CT molecular complexity index is 349. The van der Waals surface area contributed by atoms with Gasteiger partial charge in [0.25, 0.3) is 0 Å². The van der Waals surface area contributed by atoms with Crippen LogP contribution in [0.1, 0.15) is 11.1 Å². The molecule has 6 heteroatoms. The average Bonchev–Trinajstić information content (AvgIpc) is 2.02. The van der Waals surface area contributed by atoms with Crippen LogP contribution in [0.4, 0.5) is 18.9 Å². The Morgan fingerprint density at radius 1 is 1.29 bits per heavy atom. The van der Waals surface area contributed by atoms with Gasteiger partial charge in [-0.15, -0.1) is 0 Å². The summed E-state index contributed by atoms with van der Waals surface area (Å²) in [5.41, 5.74) is 9.72. The minimum absolute atomic E-state index is 0.0117. The lowest BCUT2D eigenvalue weighted by molar-refractivity contribution is -0.137. The zero-order valence-corrected chi connectivity index (χ0v) is 8.61. The van der Waals surface area contributed by atoms with Crippen molar-refractivity contribution < 1.29 is 13.2 Å². The lowest BCUT2D eigenvalue weighted by Crippen LogP contribution is -2.13. The van der Waals surface area contributed by atoms with Gasteiger partial charge in [-0.25, -0.2) is 0 Å². The second-order valence-electron chi connectivity index (χ2n) is 2.70. The predicted octanol–water partition coefficient (Wildman–Crippen LogP) is 2.51. The third kappa shape index (κ3) is 2.01. The summed E-state index contributed by atoms with van der Waals surface area (Å²) in [6, 6.07) is 2.76. The summed E-state index contributed by atoms with van der Waals surface area (Å²) in [6.07, 6.45) is -4.46. The van der Waals surface area contributed by atoms with Crippen molar-refractivity contribution in [2.24, 2.45) is 5.73 Å². The Labute approximate surface area is 87.2 Å². The van der Waals surface area contributed by atoms with Crippen molar-refractivity contribution in [2.75, 3.05) is 5.73 Å². The maximum Gasteiger partial charge on any atom is 0.419 e. The number of anilines is 1. The molecule has 0 heterocycles. The number of benzene rings is 1. The van der Waals surface area contributed by atoms with E-state index in [0.717, 1.165) is 0 Å². The van der Waals surface area contributed by atoms with Crippen molar-refractivity contribution in [1.82, 2.24) is 0 Å². The first-order valence-electron chi connectivity index (χ1n) is 3.72. The van der Waals surface area contributed by atoms with Gasteiger partial charge >= 0.3 is 6.18 Å². The van der Waals surface area contributed by atoms with Gasteiger partial charge in [0.05, 0.1) is 5.56 Å². The highest BCUT2D eigenvalue weighted by atomic mass is 79.9. The first-order chi connectivity index (χ1) is 6.38. The number of nitrogen functional groups attached to an aromatic ring is 1. The molecule has 0 spiro atoms. The van der Waals surface area contributed by atoms with Gasteiger partial charge in [0.1, 0.15) is 0 Å². The van der Waals surface area contributed by atoms with Crippen LogP contribution >= 0.6 is 15.9 Å². The van der Waals surface area contributed by atoms with E-state index in [-0.39, 0.29) is 16.7 Å². The number of halogens is 4. The van der Waals surface area contributed by atoms with Crippen LogP contribution in [0.3, 0.4) is 0 Å². The molecule has 0 bridgehead atoms. The van der Waals surface area contributed by atoms with Crippen LogP contribution in [0.15, 0.2) is 16.6 Å². The summed E-state index contributed by atoms with van der Waals surface area (Å²) >= 11 is 2.81. The Morgan fingerprint density at radius 3 is 2.29 bits per heavy atom. The third-order valence-electron chi connectivity index (χ3n) is 1.79. The van der Waals surface area contributed by atoms with Gasteiger partial charge in [0.15, 0.2) is 0 Å². The van der Waals surface area contributed by atoms with E-state index in [9.17, 15) is 13.2 Å². The molecular formula is C8H8BrF3N2. The van der Waals surface area contributed by atoms with Crippen molar-refractivity contribution in [1.29, 1.82) is 0 Å². The molecule has 0 aliphatic heterocycles. The Balaban J connectivity index is 3.40. The Morgan fingerprint density at radius 2 is 1.86 bits per heavy atom. The van der Waals surface area contributed by atoms with Gasteiger partial charge < -0.3 is 11.5 Å². The zero-order chi connectivity index (χ0) is 10.9. The van der Waals surface area contributed by atoms with Crippen molar-refractivity contribution in [3.63, 3.8) is 0 Å². The normalized spacial score (nSPS) is 11.8. The molecule has 1 aromatic carbocycles. The second-order valence-corrected chi connectivity index (χ2v) is 3.55. The van der Waals surface area contributed by atoms with E-state index in [1.54, 1.807) is 0 Å². The monoisotopic (exact) mass is 268 g/mol. The summed E-state index contributed by atoms with van der Waals surface area (Å²) in [7, 11) is 0. The molecule has 0 aromatic heterocycles. The molecule has 14 heavy (non-hydrogen) atoms. The quantitative estimate of drug-likeness (QED) is 0.769. The summed E-state index contributed by atoms with van der Waals surface area (Å²) < 4.78 is 37.4. The first-order valence-corrected chi connectivity index (χ1v) is 4.51. The molecule has 0 saturated heterocycles. The number of hydrogen-bond donors (Lipinski definition) is 2. The fourth-order valence-electron chi connectivity index (χ4n) is 1.10. The minimum atomic E-state index is -4.46. The van der Waals surface area contributed by atoms with E-state index in [4.69, 9.17) is 11.5 Å². The van der Waals surface area contributed by atoms with Crippen molar-refractivity contribution in [3.8, 4) is 0 Å². The maximum atomic E-state index is 12.5. The highest BCUT2D eigenvalue weighted by Crippen LogP contribution is 2.39. The molecule has 0 saturated carbocycles. The van der Waals surface area contributed by atoms with Crippen molar-refractivity contribution >= 4 is 21.6 Å². The van der Waals surface area contributed by atoms with E-state index >= 15 is 0 Å². The summed E-state index contributed by atoms with van der Waals surface area (Å²) in [4.78, 5) is 0. The van der Waals surface area contributed by atoms with E-state index in [1.165, 1.54) is 12.1 Å². The van der Waals surface area contributed by atoms with Gasteiger partial charge in [-0.3, -0.25) is 0 Å². The molecule has 78 valence electrons. The van der Waals surface area contributed by atoms with Crippen LogP contribution in [0.25, 0.3) is 0 Å². The molecule has 0 radical (unpaired) electrons. The predicted molar refractivity (Wildman–Crippen MR) is 51.4 cm³/mol. The molecule has 1 aromatic rings. The van der Waals surface area contributed by atoms with Gasteiger partial charge in [-0.05, 0) is 11.6 Å². The standard InChI is InChI=1S/C8H8BrF3N2/c9-5-2-1-4(3-13)7(14)6(5)8(10,11)12/h1-2H,3,13-14H2. The average molecular weight is 269 g/mol. The highest BCUT2D eigenvalue weighted by molar-refractivity contribution is 9.10. The molecule has 0 aliphatic rings. The van der Waals surface area contributed by atoms with E-state index in [0.29, 0.717) is 5.56 Å². The number of hydrogen-bond acceptors (Lipinski definition) is 2. The number of alkyl halides is 3. The largest absolute Gasteiger partial charge is 0.419 e. The van der Waals surface area contributed by atoms with Crippen LogP contribution in [0.5, 0.6) is 0 Å². The van der Waals surface area contributed by atoms with E-state index in [1.807, 2.05) is 0 Å². The lowest BCUT2D eigenvalue weighted by Gasteiger charge is -2.14. The smallest absolute Gasteiger partial charge is 0.398 e. The fraction of sp³-hybridized carbons (Fsp3) is 0.250. The minimum Gasteiger partial charge on any atom is -0.398 e. The van der Waals surface area contributed by atoms with Gasteiger partial charge in [-0.1, -0.05) is 22.0 Å². The van der Waals surface area contributed by atoms with Crippen LogP contribution < -0.4 is 11.5 Å². The number of rotatable bonds is 1. The fourth-order valence-corrected chi connectivity index (χ4v) is 1.67. The molecule has 0 amide bonds. The zero-order valence-electron chi connectivity index (χ0n) is 7.03. The molecule has 2 nitrogen and oxygen atoms in total.